The van der Waals surface area contributed by atoms with Gasteiger partial charge in [-0.25, -0.2) is 18.0 Å². The summed E-state index contributed by atoms with van der Waals surface area (Å²) in [7, 11) is -3.79. The van der Waals surface area contributed by atoms with E-state index in [9.17, 15) is 23.1 Å². The van der Waals surface area contributed by atoms with E-state index in [1.54, 1.807) is 54.6 Å². The van der Waals surface area contributed by atoms with E-state index in [0.717, 1.165) is 33.4 Å². The lowest BCUT2D eigenvalue weighted by atomic mass is 9.97. The highest BCUT2D eigenvalue weighted by Gasteiger charge is 2.29. The normalized spacial score (nSPS) is 12.2. The Morgan fingerprint density at radius 1 is 0.396 bits per heavy atom. The van der Waals surface area contributed by atoms with Crippen molar-refractivity contribution in [2.75, 3.05) is 0 Å². The maximum Gasteiger partial charge on any atom is 0.346 e. The molecule has 7 aromatic carbocycles. The molecule has 0 saturated carbocycles. The standard InChI is InChI=1S/C44H28O8S/c45-34-12-5-29(6-13-34)31-9-16-36(17-10-31)51-38-20-24-40(25-21-38)53(48,49)39-22-18-37(19-23-39)50-35-14-7-30(8-15-35)28-1-3-32(4-2-28)33-11-26-41-42(27-33)44(47)52-43(41)46/h1-27,45H. The zero-order chi connectivity index (χ0) is 36.5. The summed E-state index contributed by atoms with van der Waals surface area (Å²) in [6, 6.07) is 47.4. The Balaban J connectivity index is 0.885. The number of phenolic OH excluding ortho intramolecular Hbond substituents is 1. The number of ether oxygens (including phenoxy) is 3. The van der Waals surface area contributed by atoms with Gasteiger partial charge in [-0.05, 0) is 130 Å². The van der Waals surface area contributed by atoms with Crippen molar-refractivity contribution in [1.29, 1.82) is 0 Å². The molecule has 8 rings (SSSR count). The average Bonchev–Trinajstić information content (AvgIpc) is 3.48. The summed E-state index contributed by atoms with van der Waals surface area (Å²) in [5.74, 6) is 1.13. The number of phenols is 1. The van der Waals surface area contributed by atoms with Gasteiger partial charge in [-0.3, -0.25) is 0 Å². The van der Waals surface area contributed by atoms with Gasteiger partial charge in [0, 0.05) is 0 Å². The summed E-state index contributed by atoms with van der Waals surface area (Å²) in [4.78, 5) is 24.0. The van der Waals surface area contributed by atoms with Crippen LogP contribution in [0, 0.1) is 0 Å². The van der Waals surface area contributed by atoms with Crippen molar-refractivity contribution in [1.82, 2.24) is 0 Å². The lowest BCUT2D eigenvalue weighted by Gasteiger charge is -2.10. The Bertz CT molecular complexity index is 2580. The Morgan fingerprint density at radius 2 is 0.717 bits per heavy atom. The van der Waals surface area contributed by atoms with Gasteiger partial charge in [-0.2, -0.15) is 0 Å². The Hall–Kier alpha value is -6.97. The third-order valence-electron chi connectivity index (χ3n) is 8.85. The zero-order valence-electron chi connectivity index (χ0n) is 27.8. The summed E-state index contributed by atoms with van der Waals surface area (Å²) in [5, 5.41) is 9.52. The lowest BCUT2D eigenvalue weighted by molar-refractivity contribution is 0.0443. The number of benzene rings is 7. The van der Waals surface area contributed by atoms with Crippen molar-refractivity contribution in [3.63, 3.8) is 0 Å². The molecule has 0 spiro atoms. The van der Waals surface area contributed by atoms with Crippen LogP contribution in [0.3, 0.4) is 0 Å². The molecule has 53 heavy (non-hydrogen) atoms. The van der Waals surface area contributed by atoms with Crippen molar-refractivity contribution in [3.8, 4) is 62.1 Å². The number of aromatic hydroxyl groups is 1. The molecular weight excluding hydrogens is 689 g/mol. The third kappa shape index (κ3) is 6.89. The van der Waals surface area contributed by atoms with Crippen LogP contribution in [0.5, 0.6) is 28.7 Å². The third-order valence-corrected chi connectivity index (χ3v) is 10.6. The molecule has 0 saturated heterocycles. The Morgan fingerprint density at radius 3 is 1.15 bits per heavy atom. The summed E-state index contributed by atoms with van der Waals surface area (Å²) in [6.07, 6.45) is 0. The fourth-order valence-corrected chi connectivity index (χ4v) is 7.25. The quantitative estimate of drug-likeness (QED) is 0.116. The highest BCUT2D eigenvalue weighted by atomic mass is 32.2. The minimum absolute atomic E-state index is 0.135. The highest BCUT2D eigenvalue weighted by Crippen LogP contribution is 2.33. The highest BCUT2D eigenvalue weighted by molar-refractivity contribution is 7.91. The van der Waals surface area contributed by atoms with E-state index in [1.807, 2.05) is 84.9 Å². The number of esters is 2. The van der Waals surface area contributed by atoms with Crippen LogP contribution in [0.1, 0.15) is 20.7 Å². The first kappa shape index (κ1) is 33.2. The molecule has 1 heterocycles. The van der Waals surface area contributed by atoms with Gasteiger partial charge in [-0.1, -0.05) is 66.7 Å². The van der Waals surface area contributed by atoms with Crippen molar-refractivity contribution in [2.24, 2.45) is 0 Å². The van der Waals surface area contributed by atoms with Crippen LogP contribution in [0.15, 0.2) is 174 Å². The fraction of sp³-hybridized carbons (Fsp3) is 0. The second-order valence-electron chi connectivity index (χ2n) is 12.3. The first-order chi connectivity index (χ1) is 25.7. The van der Waals surface area contributed by atoms with Gasteiger partial charge >= 0.3 is 11.9 Å². The van der Waals surface area contributed by atoms with E-state index < -0.39 is 21.8 Å². The summed E-state index contributed by atoms with van der Waals surface area (Å²) in [6.45, 7) is 0. The second-order valence-corrected chi connectivity index (χ2v) is 14.2. The summed E-state index contributed by atoms with van der Waals surface area (Å²) >= 11 is 0. The topological polar surface area (TPSA) is 116 Å². The summed E-state index contributed by atoms with van der Waals surface area (Å²) in [5.41, 5.74) is 6.12. The van der Waals surface area contributed by atoms with E-state index >= 15 is 0 Å². The number of hydrogen-bond acceptors (Lipinski definition) is 8. The molecule has 0 radical (unpaired) electrons. The monoisotopic (exact) mass is 716 g/mol. The van der Waals surface area contributed by atoms with Crippen molar-refractivity contribution < 1.29 is 37.3 Å². The molecule has 0 bridgehead atoms. The summed E-state index contributed by atoms with van der Waals surface area (Å²) < 4.78 is 43.4. The minimum Gasteiger partial charge on any atom is -0.508 e. The zero-order valence-corrected chi connectivity index (χ0v) is 28.6. The second kappa shape index (κ2) is 13.6. The number of hydrogen-bond donors (Lipinski definition) is 1. The molecule has 0 fully saturated rings. The molecule has 7 aromatic rings. The van der Waals surface area contributed by atoms with E-state index in [4.69, 9.17) is 14.2 Å². The number of fused-ring (bicyclic) bond motifs is 1. The van der Waals surface area contributed by atoms with Crippen LogP contribution in [0.4, 0.5) is 0 Å². The predicted octanol–water partition coefficient (Wildman–Crippen LogP) is 10.1. The molecule has 0 aromatic heterocycles. The van der Waals surface area contributed by atoms with Crippen molar-refractivity contribution >= 4 is 21.8 Å². The van der Waals surface area contributed by atoms with Crippen LogP contribution >= 0.6 is 0 Å². The van der Waals surface area contributed by atoms with Crippen LogP contribution in [-0.4, -0.2) is 25.5 Å². The Labute approximate surface area is 305 Å². The average molecular weight is 717 g/mol. The number of carbonyl (C=O) groups excluding carboxylic acids is 2. The Kier molecular flexibility index (Phi) is 8.54. The molecule has 8 nitrogen and oxygen atoms in total. The van der Waals surface area contributed by atoms with Crippen LogP contribution < -0.4 is 9.47 Å². The van der Waals surface area contributed by atoms with Gasteiger partial charge in [0.15, 0.2) is 0 Å². The first-order valence-electron chi connectivity index (χ1n) is 16.5. The molecule has 0 amide bonds. The fourth-order valence-electron chi connectivity index (χ4n) is 5.99. The number of sulfone groups is 1. The maximum absolute atomic E-state index is 13.4. The maximum atomic E-state index is 13.4. The molecule has 0 aliphatic carbocycles. The molecule has 1 N–H and O–H groups in total. The van der Waals surface area contributed by atoms with E-state index in [-0.39, 0.29) is 26.7 Å². The largest absolute Gasteiger partial charge is 0.508 e. The first-order valence-corrected chi connectivity index (χ1v) is 18.0. The van der Waals surface area contributed by atoms with Gasteiger partial charge in [0.05, 0.1) is 20.9 Å². The number of carbonyl (C=O) groups is 2. The molecule has 0 unspecified atom stereocenters. The van der Waals surface area contributed by atoms with Crippen LogP contribution in [-0.2, 0) is 14.6 Å². The lowest BCUT2D eigenvalue weighted by Crippen LogP contribution is -2.01. The molecule has 9 heteroatoms. The van der Waals surface area contributed by atoms with E-state index in [1.165, 1.54) is 24.3 Å². The van der Waals surface area contributed by atoms with Gasteiger partial charge in [0.1, 0.15) is 28.7 Å². The molecule has 258 valence electrons. The van der Waals surface area contributed by atoms with E-state index in [0.29, 0.717) is 23.0 Å². The van der Waals surface area contributed by atoms with Gasteiger partial charge < -0.3 is 19.3 Å². The predicted molar refractivity (Wildman–Crippen MR) is 199 cm³/mol. The molecule has 1 aliphatic heterocycles. The minimum atomic E-state index is -3.79. The van der Waals surface area contributed by atoms with Crippen LogP contribution in [0.2, 0.25) is 0 Å². The smallest absolute Gasteiger partial charge is 0.346 e. The molecular formula is C44H28O8S. The number of cyclic esters (lactones) is 2. The van der Waals surface area contributed by atoms with E-state index in [2.05, 4.69) is 0 Å². The molecule has 1 aliphatic rings. The van der Waals surface area contributed by atoms with Gasteiger partial charge in [0.25, 0.3) is 0 Å². The number of rotatable bonds is 9. The van der Waals surface area contributed by atoms with Crippen molar-refractivity contribution in [3.05, 3.63) is 175 Å². The van der Waals surface area contributed by atoms with Gasteiger partial charge in [-0.15, -0.1) is 0 Å². The van der Waals surface area contributed by atoms with Gasteiger partial charge in [0.2, 0.25) is 9.84 Å². The molecule has 0 atom stereocenters. The van der Waals surface area contributed by atoms with Crippen molar-refractivity contribution in [2.45, 2.75) is 9.79 Å². The van der Waals surface area contributed by atoms with Crippen LogP contribution in [0.25, 0.3) is 33.4 Å². The SMILES string of the molecule is O=C1OC(=O)c2cc(-c3ccc(-c4ccc(Oc5ccc(S(=O)(=O)c6ccc(Oc7ccc(-c8ccc(O)cc8)cc7)cc6)cc5)cc4)cc3)ccc21.